The van der Waals surface area contributed by atoms with Crippen molar-refractivity contribution in [1.29, 1.82) is 0 Å². The molecular weight excluding hydrogens is 308 g/mol. The average Bonchev–Trinajstić information content (AvgIpc) is 3.01. The highest BCUT2D eigenvalue weighted by Crippen LogP contribution is 2.28. The number of ether oxygens (including phenoxy) is 3. The van der Waals surface area contributed by atoms with E-state index in [0.717, 1.165) is 52.3 Å². The third-order valence-corrected chi connectivity index (χ3v) is 5.39. The van der Waals surface area contributed by atoms with Gasteiger partial charge in [-0.3, -0.25) is 4.90 Å². The molecule has 0 saturated carbocycles. The maximum absolute atomic E-state index is 6.08. The topological polar surface area (TPSA) is 60.8 Å². The number of methoxy groups -OCH3 is 1. The summed E-state index contributed by atoms with van der Waals surface area (Å²) >= 11 is 0. The average molecular weight is 338 g/mol. The summed E-state index contributed by atoms with van der Waals surface area (Å²) in [7, 11) is 6.00. The summed E-state index contributed by atoms with van der Waals surface area (Å²) in [6.07, 6.45) is 5.77. The Balaban J connectivity index is 1.61. The Hall–Kier alpha value is -0.990. The van der Waals surface area contributed by atoms with Crippen LogP contribution in [0.25, 0.3) is 0 Å². The molecule has 1 aromatic heterocycles. The second kappa shape index (κ2) is 7.93. The first-order valence-corrected chi connectivity index (χ1v) is 8.77. The fraction of sp³-hybridized carbons (Fsp3) is 0.824. The molecule has 0 aromatic carbocycles. The number of hydrogen-bond donors (Lipinski definition) is 1. The lowest BCUT2D eigenvalue weighted by atomic mass is 9.93. The zero-order valence-electron chi connectivity index (χ0n) is 15.0. The summed E-state index contributed by atoms with van der Waals surface area (Å²) in [6.45, 7) is 4.87. The first kappa shape index (κ1) is 17.8. The van der Waals surface area contributed by atoms with Crippen molar-refractivity contribution in [2.24, 2.45) is 7.05 Å². The molecule has 0 aliphatic carbocycles. The molecule has 3 heterocycles. The van der Waals surface area contributed by atoms with Gasteiger partial charge in [0.2, 0.25) is 0 Å². The van der Waals surface area contributed by atoms with Gasteiger partial charge in [0.1, 0.15) is 0 Å². The molecular formula is C17H30N4O3. The maximum Gasteiger partial charge on any atom is 0.0946 e. The fourth-order valence-corrected chi connectivity index (χ4v) is 3.74. The molecule has 2 aliphatic heterocycles. The molecule has 1 N–H and O–H groups in total. The van der Waals surface area contributed by atoms with Crippen molar-refractivity contribution in [2.45, 2.75) is 30.6 Å². The number of aryl methyl sites for hydroxylation is 1. The van der Waals surface area contributed by atoms with E-state index in [0.29, 0.717) is 0 Å². The second-order valence-electron chi connectivity index (χ2n) is 6.89. The Labute approximate surface area is 144 Å². The summed E-state index contributed by atoms with van der Waals surface area (Å²) in [4.78, 5) is 6.62. The molecule has 24 heavy (non-hydrogen) atoms. The number of nitrogens with zero attached hydrogens (tertiary/aromatic N) is 3. The molecule has 2 fully saturated rings. The van der Waals surface area contributed by atoms with Crippen LogP contribution in [0.1, 0.15) is 24.6 Å². The van der Waals surface area contributed by atoms with Gasteiger partial charge in [0.25, 0.3) is 0 Å². The van der Waals surface area contributed by atoms with E-state index in [9.17, 15) is 0 Å². The largest absolute Gasteiger partial charge is 0.381 e. The minimum atomic E-state index is -0.110. The third-order valence-electron chi connectivity index (χ3n) is 5.39. The summed E-state index contributed by atoms with van der Waals surface area (Å²) in [5.41, 5.74) is 1.08. The standard InChI is InChI=1S/C17H30N4O3/c1-20-6-9-24-15(16(20)14-10-19-13-21(14)2)11-18-12-17(22-3)4-7-23-8-5-17/h10,13,15-16,18H,4-9,11-12H2,1-3H3/t15-,16-/m0/s1. The predicted molar refractivity (Wildman–Crippen MR) is 91.0 cm³/mol. The van der Waals surface area contributed by atoms with Crippen molar-refractivity contribution in [1.82, 2.24) is 19.8 Å². The molecule has 7 nitrogen and oxygen atoms in total. The van der Waals surface area contributed by atoms with Gasteiger partial charge in [0.15, 0.2) is 0 Å². The molecule has 0 radical (unpaired) electrons. The van der Waals surface area contributed by atoms with Gasteiger partial charge in [-0.2, -0.15) is 0 Å². The van der Waals surface area contributed by atoms with E-state index < -0.39 is 0 Å². The van der Waals surface area contributed by atoms with Crippen LogP contribution in [0, 0.1) is 0 Å². The van der Waals surface area contributed by atoms with Gasteiger partial charge < -0.3 is 24.1 Å². The van der Waals surface area contributed by atoms with Crippen LogP contribution in [0.5, 0.6) is 0 Å². The van der Waals surface area contributed by atoms with Crippen LogP contribution in [-0.2, 0) is 21.3 Å². The highest BCUT2D eigenvalue weighted by atomic mass is 16.5. The van der Waals surface area contributed by atoms with Gasteiger partial charge in [-0.15, -0.1) is 0 Å². The smallest absolute Gasteiger partial charge is 0.0946 e. The van der Waals surface area contributed by atoms with Crippen LogP contribution >= 0.6 is 0 Å². The third kappa shape index (κ3) is 3.81. The minimum absolute atomic E-state index is 0.105. The Morgan fingerprint density at radius 2 is 2.12 bits per heavy atom. The molecule has 1 aromatic rings. The van der Waals surface area contributed by atoms with Gasteiger partial charge in [0, 0.05) is 66.0 Å². The fourth-order valence-electron chi connectivity index (χ4n) is 3.74. The van der Waals surface area contributed by atoms with Crippen LogP contribution in [0.15, 0.2) is 12.5 Å². The lowest BCUT2D eigenvalue weighted by molar-refractivity contribution is -0.0936. The van der Waals surface area contributed by atoms with Gasteiger partial charge >= 0.3 is 0 Å². The zero-order valence-corrected chi connectivity index (χ0v) is 15.0. The number of nitrogens with one attached hydrogen (secondary N) is 1. The predicted octanol–water partition coefficient (Wildman–Crippen LogP) is 0.577. The molecule has 2 atom stereocenters. The highest BCUT2D eigenvalue weighted by molar-refractivity contribution is 5.09. The summed E-state index contributed by atoms with van der Waals surface area (Å²) in [5, 5.41) is 3.59. The van der Waals surface area contributed by atoms with Crippen molar-refractivity contribution in [2.75, 3.05) is 53.6 Å². The van der Waals surface area contributed by atoms with Crippen LogP contribution in [0.2, 0.25) is 0 Å². The molecule has 0 amide bonds. The lowest BCUT2D eigenvalue weighted by Crippen LogP contribution is -2.52. The molecule has 7 heteroatoms. The molecule has 0 spiro atoms. The second-order valence-corrected chi connectivity index (χ2v) is 6.89. The number of rotatable bonds is 6. The van der Waals surface area contributed by atoms with E-state index in [-0.39, 0.29) is 17.7 Å². The number of likely N-dealkylation sites (N-methyl/N-ethyl adjacent to an activating group) is 1. The van der Waals surface area contributed by atoms with Crippen molar-refractivity contribution in [3.8, 4) is 0 Å². The summed E-state index contributed by atoms with van der Waals surface area (Å²) in [5.74, 6) is 0. The Morgan fingerprint density at radius 1 is 1.33 bits per heavy atom. The summed E-state index contributed by atoms with van der Waals surface area (Å²) in [6, 6.07) is 0.215. The minimum Gasteiger partial charge on any atom is -0.381 e. The Bertz CT molecular complexity index is 516. The zero-order chi connectivity index (χ0) is 17.0. The van der Waals surface area contributed by atoms with Gasteiger partial charge in [-0.05, 0) is 7.05 Å². The van der Waals surface area contributed by atoms with Gasteiger partial charge in [-0.1, -0.05) is 0 Å². The first-order valence-electron chi connectivity index (χ1n) is 8.77. The SMILES string of the molecule is COC1(CNC[C@@H]2OCCN(C)[C@H]2c2cncn2C)CCOCC1. The van der Waals surface area contributed by atoms with E-state index in [1.807, 2.05) is 19.6 Å². The molecule has 2 aliphatic rings. The highest BCUT2D eigenvalue weighted by Gasteiger charge is 2.35. The number of morpholine rings is 1. The van der Waals surface area contributed by atoms with Gasteiger partial charge in [0.05, 0.1) is 36.4 Å². The van der Waals surface area contributed by atoms with Crippen LogP contribution in [0.3, 0.4) is 0 Å². The maximum atomic E-state index is 6.08. The Kier molecular flexibility index (Phi) is 5.89. The van der Waals surface area contributed by atoms with E-state index in [1.165, 1.54) is 5.69 Å². The molecule has 0 bridgehead atoms. The van der Waals surface area contributed by atoms with Crippen molar-refractivity contribution < 1.29 is 14.2 Å². The first-order chi connectivity index (χ1) is 11.7. The molecule has 0 unspecified atom stereocenters. The van der Waals surface area contributed by atoms with Crippen LogP contribution in [0.4, 0.5) is 0 Å². The van der Waals surface area contributed by atoms with Crippen molar-refractivity contribution in [3.05, 3.63) is 18.2 Å². The van der Waals surface area contributed by atoms with Crippen LogP contribution < -0.4 is 5.32 Å². The molecule has 3 rings (SSSR count). The molecule has 2 saturated heterocycles. The lowest BCUT2D eigenvalue weighted by Gasteiger charge is -2.40. The number of imidazole rings is 1. The molecule has 136 valence electrons. The van der Waals surface area contributed by atoms with E-state index in [1.54, 1.807) is 7.11 Å². The van der Waals surface area contributed by atoms with E-state index in [4.69, 9.17) is 14.2 Å². The quantitative estimate of drug-likeness (QED) is 0.819. The Morgan fingerprint density at radius 3 is 2.79 bits per heavy atom. The monoisotopic (exact) mass is 338 g/mol. The van der Waals surface area contributed by atoms with E-state index in [2.05, 4.69) is 26.8 Å². The summed E-state index contributed by atoms with van der Waals surface area (Å²) < 4.78 is 19.4. The number of hydrogen-bond acceptors (Lipinski definition) is 6. The van der Waals surface area contributed by atoms with Gasteiger partial charge in [-0.25, -0.2) is 4.98 Å². The van der Waals surface area contributed by atoms with E-state index >= 15 is 0 Å². The van der Waals surface area contributed by atoms with Crippen molar-refractivity contribution in [3.63, 3.8) is 0 Å². The normalized spacial score (nSPS) is 28.1. The van der Waals surface area contributed by atoms with Crippen LogP contribution in [-0.4, -0.2) is 79.8 Å². The number of aromatic nitrogens is 2. The van der Waals surface area contributed by atoms with Crippen molar-refractivity contribution >= 4 is 0 Å².